The Kier molecular flexibility index (Phi) is 6.07. The molecule has 1 aliphatic rings. The first-order valence-electron chi connectivity index (χ1n) is 6.01. The molecule has 0 bridgehead atoms. The third kappa shape index (κ3) is 3.54. The zero-order valence-corrected chi connectivity index (χ0v) is 12.5. The fourth-order valence-corrected chi connectivity index (χ4v) is 2.07. The van der Waals surface area contributed by atoms with Crippen LogP contribution in [0.3, 0.4) is 0 Å². The number of rotatable bonds is 1. The number of fused-ring (bicyclic) bond motifs is 1. The lowest BCUT2D eigenvalue weighted by Gasteiger charge is -2.09. The van der Waals surface area contributed by atoms with Crippen molar-refractivity contribution in [1.82, 2.24) is 10.3 Å². The van der Waals surface area contributed by atoms with E-state index in [9.17, 15) is 0 Å². The second-order valence-electron chi connectivity index (χ2n) is 4.32. The molecule has 0 fully saturated rings. The average Bonchev–Trinajstić information content (AvgIpc) is 2.64. The minimum Gasteiger partial charge on any atom is -0.492 e. The molecule has 0 aliphatic carbocycles. The van der Waals surface area contributed by atoms with Crippen LogP contribution in [0.2, 0.25) is 0 Å². The highest BCUT2D eigenvalue weighted by Gasteiger charge is 2.09. The zero-order valence-electron chi connectivity index (χ0n) is 10.8. The van der Waals surface area contributed by atoms with Gasteiger partial charge in [-0.15, -0.1) is 24.8 Å². The molecule has 3 rings (SSSR count). The van der Waals surface area contributed by atoms with Gasteiger partial charge in [0.2, 0.25) is 0 Å². The van der Waals surface area contributed by atoms with E-state index in [1.54, 1.807) is 6.20 Å². The summed E-state index contributed by atoms with van der Waals surface area (Å²) in [5, 5.41) is 3.33. The number of aromatic nitrogens is 1. The molecule has 0 spiro atoms. The summed E-state index contributed by atoms with van der Waals surface area (Å²) in [6, 6.07) is 10.0. The van der Waals surface area contributed by atoms with E-state index in [1.165, 1.54) is 5.56 Å². The van der Waals surface area contributed by atoms with Gasteiger partial charge in [-0.05, 0) is 29.8 Å². The molecule has 0 amide bonds. The standard InChI is InChI=1S/C14H15N3O.2ClH/c15-14-4-2-11(9-17-14)10-1-3-13-12(7-10)8-16-5-6-18-13;;/h1-4,7,9,16H,5-6,8H2,(H2,15,17);2*1H. The Bertz CT molecular complexity index is 561. The molecule has 4 nitrogen and oxygen atoms in total. The number of anilines is 1. The number of nitrogens with two attached hydrogens (primary N) is 1. The van der Waals surface area contributed by atoms with Gasteiger partial charge in [0.1, 0.15) is 18.2 Å². The van der Waals surface area contributed by atoms with E-state index >= 15 is 0 Å². The molecular formula is C14H17Cl2N3O. The van der Waals surface area contributed by atoms with Crippen molar-refractivity contribution in [1.29, 1.82) is 0 Å². The minimum atomic E-state index is 0. The van der Waals surface area contributed by atoms with Gasteiger partial charge in [0.15, 0.2) is 0 Å². The van der Waals surface area contributed by atoms with Crippen LogP contribution in [-0.2, 0) is 6.54 Å². The van der Waals surface area contributed by atoms with Gasteiger partial charge < -0.3 is 15.8 Å². The Morgan fingerprint density at radius 1 is 1.10 bits per heavy atom. The van der Waals surface area contributed by atoms with Gasteiger partial charge in [-0.25, -0.2) is 4.98 Å². The molecule has 0 saturated carbocycles. The molecule has 6 heteroatoms. The summed E-state index contributed by atoms with van der Waals surface area (Å²) >= 11 is 0. The van der Waals surface area contributed by atoms with Crippen molar-refractivity contribution in [3.8, 4) is 16.9 Å². The molecule has 1 aromatic carbocycles. The van der Waals surface area contributed by atoms with Gasteiger partial charge in [0.05, 0.1) is 0 Å². The van der Waals surface area contributed by atoms with Crippen molar-refractivity contribution in [2.75, 3.05) is 18.9 Å². The molecule has 3 N–H and O–H groups in total. The SMILES string of the molecule is Cl.Cl.Nc1ccc(-c2ccc3c(c2)CNCCO3)cn1. The highest BCUT2D eigenvalue weighted by atomic mass is 35.5. The molecular weight excluding hydrogens is 297 g/mol. The molecule has 20 heavy (non-hydrogen) atoms. The summed E-state index contributed by atoms with van der Waals surface area (Å²) < 4.78 is 5.66. The molecule has 1 aromatic heterocycles. The zero-order chi connectivity index (χ0) is 12.4. The summed E-state index contributed by atoms with van der Waals surface area (Å²) in [5.41, 5.74) is 8.98. The fourth-order valence-electron chi connectivity index (χ4n) is 2.07. The number of hydrogen-bond donors (Lipinski definition) is 2. The molecule has 0 saturated heterocycles. The van der Waals surface area contributed by atoms with Crippen LogP contribution < -0.4 is 15.8 Å². The van der Waals surface area contributed by atoms with Gasteiger partial charge in [0, 0.05) is 30.4 Å². The predicted molar refractivity (Wildman–Crippen MR) is 85.8 cm³/mol. The Labute approximate surface area is 130 Å². The minimum absolute atomic E-state index is 0. The smallest absolute Gasteiger partial charge is 0.123 e. The lowest BCUT2D eigenvalue weighted by atomic mass is 10.0. The number of benzene rings is 1. The molecule has 0 atom stereocenters. The molecule has 2 heterocycles. The van der Waals surface area contributed by atoms with Crippen LogP contribution in [0.15, 0.2) is 36.5 Å². The van der Waals surface area contributed by atoms with Gasteiger partial charge in [-0.3, -0.25) is 0 Å². The van der Waals surface area contributed by atoms with Crippen LogP contribution in [0.5, 0.6) is 5.75 Å². The summed E-state index contributed by atoms with van der Waals surface area (Å²) in [4.78, 5) is 4.12. The number of nitrogens with zero attached hydrogens (tertiary/aromatic N) is 1. The van der Waals surface area contributed by atoms with E-state index in [2.05, 4.69) is 22.4 Å². The van der Waals surface area contributed by atoms with E-state index in [-0.39, 0.29) is 24.8 Å². The Morgan fingerprint density at radius 2 is 1.90 bits per heavy atom. The molecule has 2 aromatic rings. The molecule has 108 valence electrons. The normalized spacial score (nSPS) is 13.0. The summed E-state index contributed by atoms with van der Waals surface area (Å²) in [6.45, 7) is 2.44. The fraction of sp³-hybridized carbons (Fsp3) is 0.214. The van der Waals surface area contributed by atoms with Crippen LogP contribution >= 0.6 is 24.8 Å². The van der Waals surface area contributed by atoms with E-state index in [0.717, 1.165) is 36.6 Å². The highest BCUT2D eigenvalue weighted by Crippen LogP contribution is 2.27. The predicted octanol–water partition coefficient (Wildman–Crippen LogP) is 2.66. The highest BCUT2D eigenvalue weighted by molar-refractivity contribution is 5.85. The van der Waals surface area contributed by atoms with Crippen molar-refractivity contribution >= 4 is 30.6 Å². The number of pyridine rings is 1. The Hall–Kier alpha value is -1.49. The summed E-state index contributed by atoms with van der Waals surface area (Å²) in [7, 11) is 0. The largest absolute Gasteiger partial charge is 0.492 e. The van der Waals surface area contributed by atoms with Crippen molar-refractivity contribution in [2.24, 2.45) is 0 Å². The van der Waals surface area contributed by atoms with Gasteiger partial charge >= 0.3 is 0 Å². The molecule has 0 radical (unpaired) electrons. The summed E-state index contributed by atoms with van der Waals surface area (Å²) in [5.74, 6) is 1.51. The molecule has 1 aliphatic heterocycles. The first-order chi connectivity index (χ1) is 8.83. The van der Waals surface area contributed by atoms with Crippen molar-refractivity contribution in [2.45, 2.75) is 6.54 Å². The quantitative estimate of drug-likeness (QED) is 0.849. The van der Waals surface area contributed by atoms with Crippen LogP contribution in [0, 0.1) is 0 Å². The van der Waals surface area contributed by atoms with Crippen LogP contribution in [0.1, 0.15) is 5.56 Å². The third-order valence-electron chi connectivity index (χ3n) is 3.03. The van der Waals surface area contributed by atoms with Gasteiger partial charge in [-0.1, -0.05) is 6.07 Å². The lowest BCUT2D eigenvalue weighted by molar-refractivity contribution is 0.326. The van der Waals surface area contributed by atoms with Crippen molar-refractivity contribution < 1.29 is 4.74 Å². The van der Waals surface area contributed by atoms with Crippen LogP contribution in [0.4, 0.5) is 5.82 Å². The van der Waals surface area contributed by atoms with E-state index in [0.29, 0.717) is 5.82 Å². The average molecular weight is 314 g/mol. The maximum absolute atomic E-state index is 5.66. The summed E-state index contributed by atoms with van der Waals surface area (Å²) in [6.07, 6.45) is 1.79. The van der Waals surface area contributed by atoms with E-state index in [1.807, 2.05) is 18.2 Å². The van der Waals surface area contributed by atoms with E-state index in [4.69, 9.17) is 10.5 Å². The first kappa shape index (κ1) is 16.6. The van der Waals surface area contributed by atoms with E-state index < -0.39 is 0 Å². The topological polar surface area (TPSA) is 60.2 Å². The number of nitrogen functional groups attached to an aromatic ring is 1. The molecule has 0 unspecified atom stereocenters. The Balaban J connectivity index is 0.000001000. The number of nitrogens with one attached hydrogen (secondary N) is 1. The number of halogens is 2. The Morgan fingerprint density at radius 3 is 2.65 bits per heavy atom. The number of ether oxygens (including phenoxy) is 1. The van der Waals surface area contributed by atoms with Crippen molar-refractivity contribution in [3.63, 3.8) is 0 Å². The van der Waals surface area contributed by atoms with Crippen LogP contribution in [0.25, 0.3) is 11.1 Å². The first-order valence-corrected chi connectivity index (χ1v) is 6.01. The van der Waals surface area contributed by atoms with Gasteiger partial charge in [-0.2, -0.15) is 0 Å². The lowest BCUT2D eigenvalue weighted by Crippen LogP contribution is -2.16. The third-order valence-corrected chi connectivity index (χ3v) is 3.03. The second-order valence-corrected chi connectivity index (χ2v) is 4.32. The maximum Gasteiger partial charge on any atom is 0.123 e. The van der Waals surface area contributed by atoms with Crippen LogP contribution in [-0.4, -0.2) is 18.1 Å². The second kappa shape index (κ2) is 7.33. The maximum atomic E-state index is 5.66. The number of hydrogen-bond acceptors (Lipinski definition) is 4. The van der Waals surface area contributed by atoms with Gasteiger partial charge in [0.25, 0.3) is 0 Å². The monoisotopic (exact) mass is 313 g/mol. The van der Waals surface area contributed by atoms with Crippen molar-refractivity contribution in [3.05, 3.63) is 42.1 Å².